The molecule has 1 N–H and O–H groups in total. The molecule has 0 saturated carbocycles. The number of fused-ring (bicyclic) bond motifs is 1. The third kappa shape index (κ3) is 9.13. The highest BCUT2D eigenvalue weighted by Crippen LogP contribution is 2.28. The molecule has 7 nitrogen and oxygen atoms in total. The van der Waals surface area contributed by atoms with Crippen LogP contribution in [0.4, 0.5) is 8.78 Å². The lowest BCUT2D eigenvalue weighted by Gasteiger charge is -2.12. The summed E-state index contributed by atoms with van der Waals surface area (Å²) in [6, 6.07) is 3.51. The summed E-state index contributed by atoms with van der Waals surface area (Å²) in [7, 11) is 3.49. The lowest BCUT2D eigenvalue weighted by molar-refractivity contribution is -0.125. The first-order chi connectivity index (χ1) is 14.9. The van der Waals surface area contributed by atoms with Crippen LogP contribution in [0.1, 0.15) is 45.5 Å². The van der Waals surface area contributed by atoms with Crippen molar-refractivity contribution >= 4 is 12.8 Å². The van der Waals surface area contributed by atoms with Crippen molar-refractivity contribution in [3.8, 4) is 11.4 Å². The summed E-state index contributed by atoms with van der Waals surface area (Å²) in [5, 5.41) is 1.01. The molecule has 0 unspecified atom stereocenters. The molecule has 0 aliphatic carbocycles. The lowest BCUT2D eigenvalue weighted by Crippen LogP contribution is -2.31. The van der Waals surface area contributed by atoms with Crippen molar-refractivity contribution in [1.82, 2.24) is 24.9 Å². The topological polar surface area (TPSA) is 70.5 Å². The molecular formula is C23H35F2N5O2. The largest absolute Gasteiger partial charge is 0.326 e. The monoisotopic (exact) mass is 451 g/mol. The zero-order valence-electron chi connectivity index (χ0n) is 20.1. The number of amides is 2. The lowest BCUT2D eigenvalue weighted by atomic mass is 10.0. The Hall–Kier alpha value is -2.81. The summed E-state index contributed by atoms with van der Waals surface area (Å²) in [5.41, 5.74) is 4.79. The molecule has 0 fully saturated rings. The van der Waals surface area contributed by atoms with Gasteiger partial charge in [0.15, 0.2) is 0 Å². The predicted octanol–water partition coefficient (Wildman–Crippen LogP) is 3.76. The van der Waals surface area contributed by atoms with Gasteiger partial charge in [0, 0.05) is 20.1 Å². The normalized spacial score (nSPS) is 13.4. The van der Waals surface area contributed by atoms with Crippen LogP contribution in [-0.2, 0) is 22.7 Å². The van der Waals surface area contributed by atoms with Crippen LogP contribution in [-0.4, -0.2) is 52.9 Å². The molecule has 1 aliphatic rings. The third-order valence-corrected chi connectivity index (χ3v) is 4.20. The first-order valence-corrected chi connectivity index (χ1v) is 10.4. The Morgan fingerprint density at radius 2 is 1.78 bits per heavy atom. The van der Waals surface area contributed by atoms with Crippen LogP contribution in [0.25, 0.3) is 11.4 Å². The van der Waals surface area contributed by atoms with Gasteiger partial charge in [-0.25, -0.2) is 13.8 Å². The smallest absolute Gasteiger partial charge is 0.227 e. The van der Waals surface area contributed by atoms with Crippen LogP contribution in [0.5, 0.6) is 0 Å². The molecule has 0 saturated heterocycles. The van der Waals surface area contributed by atoms with Crippen molar-refractivity contribution < 1.29 is 18.4 Å². The number of aryl methyl sites for hydroxylation is 1. The van der Waals surface area contributed by atoms with Gasteiger partial charge in [0.25, 0.3) is 0 Å². The Kier molecular flexibility index (Phi) is 10.5. The van der Waals surface area contributed by atoms with Gasteiger partial charge in [0.05, 0.1) is 17.0 Å². The first kappa shape index (κ1) is 27.2. The summed E-state index contributed by atoms with van der Waals surface area (Å²) in [4.78, 5) is 25.8. The van der Waals surface area contributed by atoms with E-state index in [1.54, 1.807) is 0 Å². The van der Waals surface area contributed by atoms with Gasteiger partial charge < -0.3 is 9.47 Å². The van der Waals surface area contributed by atoms with Crippen molar-refractivity contribution in [2.75, 3.05) is 20.6 Å². The molecule has 2 amide bonds. The van der Waals surface area contributed by atoms with Crippen molar-refractivity contribution in [2.45, 2.75) is 54.1 Å². The maximum absolute atomic E-state index is 14.0. The van der Waals surface area contributed by atoms with E-state index in [9.17, 15) is 18.4 Å². The van der Waals surface area contributed by atoms with Crippen LogP contribution in [0.2, 0.25) is 0 Å². The fourth-order valence-corrected chi connectivity index (χ4v) is 2.87. The molecule has 1 aromatic heterocycles. The summed E-state index contributed by atoms with van der Waals surface area (Å²) in [6.45, 7) is 13.2. The fourth-order valence-electron chi connectivity index (χ4n) is 2.87. The summed E-state index contributed by atoms with van der Waals surface area (Å²) in [6.07, 6.45) is 1.89. The summed E-state index contributed by atoms with van der Waals surface area (Å²) in [5.74, 6) is -0.344. The van der Waals surface area contributed by atoms with Crippen LogP contribution in [0.15, 0.2) is 18.2 Å². The molecule has 2 heterocycles. The fraction of sp³-hybridized carbons (Fsp3) is 0.522. The number of hydrogen-bond donors (Lipinski definition) is 1. The maximum Gasteiger partial charge on any atom is 0.227 e. The number of nitrogens with zero attached hydrogens (tertiary/aromatic N) is 4. The Morgan fingerprint density at radius 3 is 2.31 bits per heavy atom. The quantitative estimate of drug-likeness (QED) is 0.568. The van der Waals surface area contributed by atoms with Crippen molar-refractivity contribution in [2.24, 2.45) is 5.41 Å². The number of imidazole rings is 1. The highest BCUT2D eigenvalue weighted by atomic mass is 19.1. The number of aromatic nitrogens is 2. The number of hydrogen-bond acceptors (Lipinski definition) is 4. The van der Waals surface area contributed by atoms with E-state index in [2.05, 4.69) is 50.1 Å². The van der Waals surface area contributed by atoms with E-state index in [0.29, 0.717) is 24.1 Å². The average molecular weight is 452 g/mol. The standard InChI is InChI=1S/C15H17F2N3.C5H12.C3H6N2O2/c1-10-14-9-19(2)6-3-7-20(14)15(18-10)12-8-11(16)4-5-13(12)17;1-5(2,3)4;1-5(3-7)4-2-6/h4-5,8H,3,6-7,9H2,1-2H3;1-4H3;2-3H,1H3,(H,4,6). The molecule has 2 aromatic rings. The van der Waals surface area contributed by atoms with E-state index in [1.165, 1.54) is 13.1 Å². The number of nitrogens with one attached hydrogen (secondary N) is 1. The van der Waals surface area contributed by atoms with Gasteiger partial charge in [0.2, 0.25) is 12.8 Å². The van der Waals surface area contributed by atoms with Gasteiger partial charge >= 0.3 is 0 Å². The van der Waals surface area contributed by atoms with Gasteiger partial charge in [0.1, 0.15) is 17.5 Å². The molecule has 32 heavy (non-hydrogen) atoms. The Balaban J connectivity index is 0.000000355. The van der Waals surface area contributed by atoms with Gasteiger partial charge in [-0.15, -0.1) is 0 Å². The predicted molar refractivity (Wildman–Crippen MR) is 121 cm³/mol. The number of benzene rings is 1. The minimum Gasteiger partial charge on any atom is -0.326 e. The van der Waals surface area contributed by atoms with Gasteiger partial charge in [-0.2, -0.15) is 0 Å². The van der Waals surface area contributed by atoms with Gasteiger partial charge in [-0.05, 0) is 50.6 Å². The maximum atomic E-state index is 14.0. The number of carbonyl (C=O) groups is 2. The highest BCUT2D eigenvalue weighted by molar-refractivity contribution is 5.58. The molecular weight excluding hydrogens is 416 g/mol. The van der Waals surface area contributed by atoms with Crippen LogP contribution in [0.3, 0.4) is 0 Å². The van der Waals surface area contributed by atoms with Crippen LogP contribution >= 0.6 is 0 Å². The molecule has 3 rings (SSSR count). The van der Waals surface area contributed by atoms with E-state index >= 15 is 0 Å². The molecule has 0 atom stereocenters. The Labute approximate surface area is 189 Å². The molecule has 9 heteroatoms. The molecule has 0 radical (unpaired) electrons. The molecule has 178 valence electrons. The van der Waals surface area contributed by atoms with Crippen molar-refractivity contribution in [3.05, 3.63) is 41.2 Å². The second kappa shape index (κ2) is 12.3. The zero-order valence-corrected chi connectivity index (χ0v) is 20.1. The number of halogens is 2. The minimum absolute atomic E-state index is 0.240. The SMILES string of the molecule is CC(C)(C)C.CN(C=O)NC=O.Cc1nc(-c2cc(F)ccc2F)n2c1CN(C)CCC2. The van der Waals surface area contributed by atoms with E-state index in [0.717, 1.165) is 54.6 Å². The molecule has 0 spiro atoms. The number of rotatable bonds is 4. The number of hydrazine groups is 1. The average Bonchev–Trinajstić information content (AvgIpc) is 2.86. The Morgan fingerprint density at radius 1 is 1.16 bits per heavy atom. The van der Waals surface area contributed by atoms with Crippen molar-refractivity contribution in [3.63, 3.8) is 0 Å². The summed E-state index contributed by atoms with van der Waals surface area (Å²) >= 11 is 0. The molecule has 1 aliphatic heterocycles. The molecule has 1 aromatic carbocycles. The minimum atomic E-state index is -0.442. The highest BCUT2D eigenvalue weighted by Gasteiger charge is 2.21. The van der Waals surface area contributed by atoms with E-state index in [4.69, 9.17) is 0 Å². The van der Waals surface area contributed by atoms with Crippen LogP contribution < -0.4 is 5.43 Å². The van der Waals surface area contributed by atoms with Gasteiger partial charge in [-0.3, -0.25) is 20.0 Å². The van der Waals surface area contributed by atoms with E-state index < -0.39 is 11.6 Å². The summed E-state index contributed by atoms with van der Waals surface area (Å²) < 4.78 is 29.4. The van der Waals surface area contributed by atoms with E-state index in [-0.39, 0.29) is 5.56 Å². The molecule has 0 bridgehead atoms. The van der Waals surface area contributed by atoms with Gasteiger partial charge in [-0.1, -0.05) is 27.7 Å². The Bertz CT molecular complexity index is 887. The van der Waals surface area contributed by atoms with Crippen molar-refractivity contribution in [1.29, 1.82) is 0 Å². The number of carbonyl (C=O) groups excluding carboxylic acids is 2. The van der Waals surface area contributed by atoms with E-state index in [1.807, 2.05) is 11.5 Å². The second-order valence-corrected chi connectivity index (χ2v) is 9.30. The first-order valence-electron chi connectivity index (χ1n) is 10.4. The zero-order chi connectivity index (χ0) is 24.5. The second-order valence-electron chi connectivity index (χ2n) is 9.30. The third-order valence-electron chi connectivity index (χ3n) is 4.20. The van der Waals surface area contributed by atoms with Crippen LogP contribution in [0, 0.1) is 24.0 Å².